The van der Waals surface area contributed by atoms with Gasteiger partial charge >= 0.3 is 6.18 Å². The zero-order valence-electron chi connectivity index (χ0n) is 15.6. The smallest absolute Gasteiger partial charge is 0.373 e. The fourth-order valence-electron chi connectivity index (χ4n) is 2.87. The Morgan fingerprint density at radius 3 is 2.37 bits per heavy atom. The highest BCUT2D eigenvalue weighted by molar-refractivity contribution is 8.00. The average Bonchev–Trinajstić information content (AvgIpc) is 2.65. The molecule has 1 aliphatic heterocycles. The van der Waals surface area contributed by atoms with Crippen LogP contribution in [-0.2, 0) is 10.9 Å². The van der Waals surface area contributed by atoms with Crippen molar-refractivity contribution >= 4 is 23.4 Å². The van der Waals surface area contributed by atoms with Gasteiger partial charge in [-0.15, -0.1) is 11.8 Å². The molecule has 0 amide bonds. The predicted octanol–water partition coefficient (Wildman–Crippen LogP) is 7.71. The number of benzene rings is 2. The monoisotopic (exact) mass is 416 g/mol. The van der Waals surface area contributed by atoms with Crippen molar-refractivity contribution in [3.63, 3.8) is 0 Å². The molecule has 0 aromatic heterocycles. The molecule has 2 unspecified atom stereocenters. The van der Waals surface area contributed by atoms with Crippen LogP contribution in [0.4, 0.5) is 13.2 Å². The normalized spacial score (nSPS) is 20.0. The van der Waals surface area contributed by atoms with Crippen LogP contribution < -0.4 is 0 Å². The summed E-state index contributed by atoms with van der Waals surface area (Å²) in [6.45, 7) is 6.45. The average molecular weight is 417 g/mol. The largest absolute Gasteiger partial charge is 0.416 e. The van der Waals surface area contributed by atoms with Crippen molar-refractivity contribution in [1.82, 2.24) is 0 Å². The first kappa shape index (κ1) is 22.1. The Bertz CT molecular complexity index is 731. The summed E-state index contributed by atoms with van der Waals surface area (Å²) in [5, 5.41) is 0.890. The minimum atomic E-state index is -4.31. The van der Waals surface area contributed by atoms with E-state index < -0.39 is 11.7 Å². The summed E-state index contributed by atoms with van der Waals surface area (Å²) >= 11 is 7.44. The zero-order chi connectivity index (χ0) is 20.0. The summed E-state index contributed by atoms with van der Waals surface area (Å²) in [7, 11) is 0. The SMILES string of the molecule is CC.Cc1ccc(C(F)(F)F)cc1SC1CCOC(c2ccc(Cl)cc2)C1. The second-order valence-corrected chi connectivity index (χ2v) is 7.93. The van der Waals surface area contributed by atoms with Crippen molar-refractivity contribution in [1.29, 1.82) is 0 Å². The first-order chi connectivity index (χ1) is 12.8. The van der Waals surface area contributed by atoms with E-state index in [-0.39, 0.29) is 11.4 Å². The maximum absolute atomic E-state index is 13.0. The van der Waals surface area contributed by atoms with Gasteiger partial charge in [0.05, 0.1) is 11.7 Å². The van der Waals surface area contributed by atoms with Crippen LogP contribution in [-0.4, -0.2) is 11.9 Å². The summed E-state index contributed by atoms with van der Waals surface area (Å²) in [5.41, 5.74) is 1.32. The first-order valence-corrected chi connectivity index (χ1v) is 10.3. The van der Waals surface area contributed by atoms with E-state index in [0.717, 1.165) is 30.0 Å². The molecule has 0 N–H and O–H groups in total. The van der Waals surface area contributed by atoms with Gasteiger partial charge in [-0.05, 0) is 55.2 Å². The maximum atomic E-state index is 13.0. The predicted molar refractivity (Wildman–Crippen MR) is 107 cm³/mol. The summed E-state index contributed by atoms with van der Waals surface area (Å²) in [6, 6.07) is 11.5. The lowest BCUT2D eigenvalue weighted by Crippen LogP contribution is -2.21. The highest BCUT2D eigenvalue weighted by Crippen LogP contribution is 2.40. The van der Waals surface area contributed by atoms with Gasteiger partial charge < -0.3 is 4.74 Å². The minimum absolute atomic E-state index is 0.0466. The highest BCUT2D eigenvalue weighted by atomic mass is 35.5. The standard InChI is InChI=1S/C19H18ClF3OS.C2H6/c1-12-2-5-14(19(21,22)23)10-18(12)25-16-8-9-24-17(11-16)13-3-6-15(20)7-4-13;1-2/h2-7,10,16-17H,8-9,11H2,1H3;1-2H3. The van der Waals surface area contributed by atoms with Crippen molar-refractivity contribution < 1.29 is 17.9 Å². The number of hydrogen-bond donors (Lipinski definition) is 0. The van der Waals surface area contributed by atoms with Gasteiger partial charge in [0.15, 0.2) is 0 Å². The van der Waals surface area contributed by atoms with Crippen molar-refractivity contribution in [2.45, 2.75) is 56.0 Å². The lowest BCUT2D eigenvalue weighted by atomic mass is 10.0. The molecule has 6 heteroatoms. The van der Waals surface area contributed by atoms with E-state index in [1.165, 1.54) is 17.8 Å². The molecule has 2 aromatic carbocycles. The van der Waals surface area contributed by atoms with E-state index in [1.54, 1.807) is 6.07 Å². The molecule has 27 heavy (non-hydrogen) atoms. The Balaban J connectivity index is 0.00000126. The van der Waals surface area contributed by atoms with Crippen molar-refractivity contribution in [2.24, 2.45) is 0 Å². The molecule has 1 nitrogen and oxygen atoms in total. The van der Waals surface area contributed by atoms with Gasteiger partial charge in [-0.3, -0.25) is 0 Å². The van der Waals surface area contributed by atoms with Crippen LogP contribution in [0.5, 0.6) is 0 Å². The quantitative estimate of drug-likeness (QED) is 0.506. The van der Waals surface area contributed by atoms with Crippen LogP contribution in [0.3, 0.4) is 0 Å². The second-order valence-electron chi connectivity index (χ2n) is 6.15. The number of thioether (sulfide) groups is 1. The molecule has 1 heterocycles. The molecule has 1 saturated heterocycles. The fourth-order valence-corrected chi connectivity index (χ4v) is 4.29. The Morgan fingerprint density at radius 1 is 1.07 bits per heavy atom. The number of alkyl halides is 3. The van der Waals surface area contributed by atoms with Crippen LogP contribution in [0, 0.1) is 6.92 Å². The third-order valence-corrected chi connectivity index (χ3v) is 5.99. The molecule has 0 aliphatic carbocycles. The van der Waals surface area contributed by atoms with E-state index in [9.17, 15) is 13.2 Å². The van der Waals surface area contributed by atoms with E-state index in [1.807, 2.05) is 45.0 Å². The molecule has 0 saturated carbocycles. The molecule has 1 fully saturated rings. The Kier molecular flexibility index (Phi) is 8.07. The molecule has 0 radical (unpaired) electrons. The van der Waals surface area contributed by atoms with Crippen LogP contribution >= 0.6 is 23.4 Å². The summed E-state index contributed by atoms with van der Waals surface area (Å²) < 4.78 is 44.7. The van der Waals surface area contributed by atoms with E-state index in [0.29, 0.717) is 16.5 Å². The van der Waals surface area contributed by atoms with E-state index in [2.05, 4.69) is 0 Å². The summed E-state index contributed by atoms with van der Waals surface area (Å²) in [6.07, 6.45) is -2.77. The summed E-state index contributed by atoms with van der Waals surface area (Å²) in [5.74, 6) is 0. The lowest BCUT2D eigenvalue weighted by Gasteiger charge is -2.30. The zero-order valence-corrected chi connectivity index (χ0v) is 17.2. The van der Waals surface area contributed by atoms with Gasteiger partial charge in [0.1, 0.15) is 0 Å². The number of aryl methyl sites for hydroxylation is 1. The molecule has 0 spiro atoms. The van der Waals surface area contributed by atoms with Gasteiger partial charge in [-0.2, -0.15) is 13.2 Å². The second kappa shape index (κ2) is 9.85. The highest BCUT2D eigenvalue weighted by Gasteiger charge is 2.31. The number of halogens is 4. The first-order valence-electron chi connectivity index (χ1n) is 9.04. The lowest BCUT2D eigenvalue weighted by molar-refractivity contribution is -0.137. The molecule has 148 valence electrons. The number of ether oxygens (including phenoxy) is 1. The van der Waals surface area contributed by atoms with Crippen molar-refractivity contribution in [3.05, 3.63) is 64.2 Å². The number of rotatable bonds is 3. The van der Waals surface area contributed by atoms with Crippen LogP contribution in [0.25, 0.3) is 0 Å². The van der Waals surface area contributed by atoms with Crippen LogP contribution in [0.1, 0.15) is 49.5 Å². The third kappa shape index (κ3) is 6.16. The van der Waals surface area contributed by atoms with Gasteiger partial charge in [-0.25, -0.2) is 0 Å². The van der Waals surface area contributed by atoms with Crippen molar-refractivity contribution in [2.75, 3.05) is 6.61 Å². The third-order valence-electron chi connectivity index (χ3n) is 4.29. The molecular weight excluding hydrogens is 393 g/mol. The van der Waals surface area contributed by atoms with Gasteiger partial charge in [-0.1, -0.05) is 43.6 Å². The van der Waals surface area contributed by atoms with Gasteiger partial charge in [0.2, 0.25) is 0 Å². The fraction of sp³-hybridized carbons (Fsp3) is 0.429. The van der Waals surface area contributed by atoms with Crippen molar-refractivity contribution in [3.8, 4) is 0 Å². The van der Waals surface area contributed by atoms with E-state index in [4.69, 9.17) is 16.3 Å². The Hall–Kier alpha value is -1.17. The molecule has 1 aliphatic rings. The Labute approximate surface area is 168 Å². The topological polar surface area (TPSA) is 9.23 Å². The van der Waals surface area contributed by atoms with Gasteiger partial charge in [0.25, 0.3) is 0 Å². The van der Waals surface area contributed by atoms with Crippen LogP contribution in [0.2, 0.25) is 5.02 Å². The molecular formula is C21H24ClF3OS. The van der Waals surface area contributed by atoms with Crippen LogP contribution in [0.15, 0.2) is 47.4 Å². The molecule has 0 bridgehead atoms. The molecule has 2 aromatic rings. The minimum Gasteiger partial charge on any atom is -0.373 e. The maximum Gasteiger partial charge on any atom is 0.416 e. The molecule has 3 rings (SSSR count). The number of hydrogen-bond acceptors (Lipinski definition) is 2. The van der Waals surface area contributed by atoms with Gasteiger partial charge in [0, 0.05) is 21.8 Å². The Morgan fingerprint density at radius 2 is 1.74 bits per heavy atom. The molecule has 2 atom stereocenters. The van der Waals surface area contributed by atoms with E-state index >= 15 is 0 Å². The summed E-state index contributed by atoms with van der Waals surface area (Å²) in [4.78, 5) is 0.691.